The lowest BCUT2D eigenvalue weighted by atomic mass is 10.2. The van der Waals surface area contributed by atoms with Crippen LogP contribution in [0.3, 0.4) is 0 Å². The van der Waals surface area contributed by atoms with Crippen LogP contribution in [-0.2, 0) is 19.8 Å². The van der Waals surface area contributed by atoms with Crippen LogP contribution in [0.2, 0.25) is 0 Å². The molecule has 0 saturated heterocycles. The fourth-order valence-electron chi connectivity index (χ4n) is 2.32. The van der Waals surface area contributed by atoms with Gasteiger partial charge in [0.15, 0.2) is 0 Å². The van der Waals surface area contributed by atoms with Crippen molar-refractivity contribution in [1.82, 2.24) is 14.1 Å². The van der Waals surface area contributed by atoms with Crippen molar-refractivity contribution in [2.45, 2.75) is 10.6 Å². The smallest absolute Gasteiger partial charge is 0.280 e. The summed E-state index contributed by atoms with van der Waals surface area (Å²) in [5.74, 6) is 0.308. The topological polar surface area (TPSA) is 56.9 Å². The summed E-state index contributed by atoms with van der Waals surface area (Å²) in [5.41, 5.74) is 0.540. The molecule has 0 atom stereocenters. The molecule has 23 heavy (non-hydrogen) atoms. The summed E-state index contributed by atoms with van der Waals surface area (Å²) in [6, 6.07) is 7.98. The molecule has 5 nitrogen and oxygen atoms in total. The van der Waals surface area contributed by atoms with E-state index in [1.165, 1.54) is 35.5 Å². The average molecular weight is 331 g/mol. The normalized spacial score (nSPS) is 11.1. The van der Waals surface area contributed by atoms with Gasteiger partial charge in [0.05, 0.1) is 5.39 Å². The van der Waals surface area contributed by atoms with Gasteiger partial charge in [-0.2, -0.15) is 0 Å². The van der Waals surface area contributed by atoms with Crippen molar-refractivity contribution < 1.29 is 4.39 Å². The molecule has 0 amide bonds. The van der Waals surface area contributed by atoms with Gasteiger partial charge in [-0.15, -0.1) is 11.8 Å². The first-order chi connectivity index (χ1) is 11.0. The summed E-state index contributed by atoms with van der Waals surface area (Å²) < 4.78 is 15.4. The molecule has 0 fully saturated rings. The summed E-state index contributed by atoms with van der Waals surface area (Å²) in [4.78, 5) is 29.3. The Labute approximate surface area is 135 Å². The number of pyridine rings is 1. The summed E-state index contributed by atoms with van der Waals surface area (Å²) in [6.07, 6.45) is 1.58. The lowest BCUT2D eigenvalue weighted by Gasteiger charge is -2.10. The van der Waals surface area contributed by atoms with Crippen LogP contribution in [-0.4, -0.2) is 14.1 Å². The van der Waals surface area contributed by atoms with E-state index in [0.29, 0.717) is 16.8 Å². The Morgan fingerprint density at radius 1 is 1.09 bits per heavy atom. The van der Waals surface area contributed by atoms with Crippen molar-refractivity contribution in [3.8, 4) is 0 Å². The minimum Gasteiger partial charge on any atom is -0.280 e. The first kappa shape index (κ1) is 15.5. The fourth-order valence-corrected chi connectivity index (χ4v) is 3.32. The van der Waals surface area contributed by atoms with E-state index in [0.717, 1.165) is 15.0 Å². The second-order valence-corrected chi connectivity index (χ2v) is 6.15. The van der Waals surface area contributed by atoms with E-state index in [9.17, 15) is 14.0 Å². The maximum Gasteiger partial charge on any atom is 0.332 e. The Balaban J connectivity index is 2.06. The Morgan fingerprint density at radius 3 is 2.48 bits per heavy atom. The zero-order valence-electron chi connectivity index (χ0n) is 12.6. The lowest BCUT2D eigenvalue weighted by molar-refractivity contribution is 0.627. The lowest BCUT2D eigenvalue weighted by Crippen LogP contribution is -2.37. The number of thioether (sulfide) groups is 1. The molecule has 0 unspecified atom stereocenters. The van der Waals surface area contributed by atoms with Crippen molar-refractivity contribution in [2.24, 2.45) is 14.1 Å². The number of nitrogens with zero attached hydrogens (tertiary/aromatic N) is 3. The van der Waals surface area contributed by atoms with E-state index in [-0.39, 0.29) is 11.4 Å². The van der Waals surface area contributed by atoms with Gasteiger partial charge in [0.25, 0.3) is 5.56 Å². The highest BCUT2D eigenvalue weighted by Crippen LogP contribution is 2.26. The van der Waals surface area contributed by atoms with Gasteiger partial charge in [0, 0.05) is 30.9 Å². The Hall–Kier alpha value is -2.41. The molecule has 3 rings (SSSR count). The molecular formula is C16H14FN3O2S. The van der Waals surface area contributed by atoms with Crippen molar-refractivity contribution in [3.05, 3.63) is 68.7 Å². The maximum atomic E-state index is 12.9. The van der Waals surface area contributed by atoms with Crippen LogP contribution in [0.1, 0.15) is 5.56 Å². The molecule has 2 heterocycles. The molecule has 0 radical (unpaired) electrons. The number of hydrogen-bond acceptors (Lipinski definition) is 4. The van der Waals surface area contributed by atoms with Crippen LogP contribution in [0, 0.1) is 5.82 Å². The Bertz CT molecular complexity index is 993. The number of hydrogen-bond donors (Lipinski definition) is 0. The number of rotatable bonds is 3. The van der Waals surface area contributed by atoms with Crippen molar-refractivity contribution in [3.63, 3.8) is 0 Å². The predicted molar refractivity (Wildman–Crippen MR) is 88.2 cm³/mol. The summed E-state index contributed by atoms with van der Waals surface area (Å²) in [7, 11) is 3.04. The minimum absolute atomic E-state index is 0.281. The SMILES string of the molecule is Cn1c(=O)c2c(SCc3ccc(F)cc3)ccnc2n(C)c1=O. The first-order valence-electron chi connectivity index (χ1n) is 6.91. The van der Waals surface area contributed by atoms with Crippen molar-refractivity contribution in [2.75, 3.05) is 0 Å². The van der Waals surface area contributed by atoms with Crippen LogP contribution in [0.25, 0.3) is 11.0 Å². The molecule has 0 aliphatic heterocycles. The number of fused-ring (bicyclic) bond motifs is 1. The molecule has 0 aliphatic carbocycles. The Kier molecular flexibility index (Phi) is 4.04. The van der Waals surface area contributed by atoms with E-state index >= 15 is 0 Å². The van der Waals surface area contributed by atoms with Crippen LogP contribution in [0.5, 0.6) is 0 Å². The maximum absolute atomic E-state index is 12.9. The molecule has 0 aliphatic rings. The third-order valence-corrected chi connectivity index (χ3v) is 4.74. The molecule has 0 N–H and O–H groups in total. The second kappa shape index (κ2) is 6.00. The highest BCUT2D eigenvalue weighted by molar-refractivity contribution is 7.98. The summed E-state index contributed by atoms with van der Waals surface area (Å²) in [6.45, 7) is 0. The van der Waals surface area contributed by atoms with Gasteiger partial charge in [-0.3, -0.25) is 13.9 Å². The molecule has 7 heteroatoms. The van der Waals surface area contributed by atoms with E-state index in [2.05, 4.69) is 4.98 Å². The fraction of sp³-hybridized carbons (Fsp3) is 0.188. The number of aryl methyl sites for hydroxylation is 1. The zero-order valence-corrected chi connectivity index (χ0v) is 13.4. The summed E-state index contributed by atoms with van der Waals surface area (Å²) >= 11 is 1.46. The molecular weight excluding hydrogens is 317 g/mol. The van der Waals surface area contributed by atoms with Gasteiger partial charge < -0.3 is 0 Å². The van der Waals surface area contributed by atoms with Gasteiger partial charge in [-0.25, -0.2) is 14.2 Å². The third kappa shape index (κ3) is 2.79. The van der Waals surface area contributed by atoms with Crippen LogP contribution in [0.15, 0.2) is 51.0 Å². The highest BCUT2D eigenvalue weighted by Gasteiger charge is 2.13. The average Bonchev–Trinajstić information content (AvgIpc) is 2.57. The van der Waals surface area contributed by atoms with Crippen LogP contribution >= 0.6 is 11.8 Å². The largest absolute Gasteiger partial charge is 0.332 e. The van der Waals surface area contributed by atoms with E-state index < -0.39 is 5.69 Å². The van der Waals surface area contributed by atoms with E-state index in [4.69, 9.17) is 0 Å². The van der Waals surface area contributed by atoms with E-state index in [1.54, 1.807) is 31.4 Å². The van der Waals surface area contributed by atoms with Gasteiger partial charge in [0.1, 0.15) is 11.5 Å². The molecule has 2 aromatic heterocycles. The van der Waals surface area contributed by atoms with Crippen LogP contribution < -0.4 is 11.2 Å². The minimum atomic E-state index is -0.407. The van der Waals surface area contributed by atoms with Crippen LogP contribution in [0.4, 0.5) is 4.39 Å². The van der Waals surface area contributed by atoms with Crippen molar-refractivity contribution in [1.29, 1.82) is 0 Å². The monoisotopic (exact) mass is 331 g/mol. The quantitative estimate of drug-likeness (QED) is 0.690. The number of benzene rings is 1. The Morgan fingerprint density at radius 2 is 1.78 bits per heavy atom. The molecule has 118 valence electrons. The number of aromatic nitrogens is 3. The van der Waals surface area contributed by atoms with Crippen molar-refractivity contribution >= 4 is 22.8 Å². The molecule has 0 saturated carbocycles. The van der Waals surface area contributed by atoms with Gasteiger partial charge in [-0.05, 0) is 23.8 Å². The molecule has 3 aromatic rings. The molecule has 0 bridgehead atoms. The van der Waals surface area contributed by atoms with E-state index in [1.807, 2.05) is 0 Å². The van der Waals surface area contributed by atoms with Gasteiger partial charge in [-0.1, -0.05) is 12.1 Å². The standard InChI is InChI=1S/C16H14FN3O2S/c1-19-14-13(15(21)20(2)16(19)22)12(7-8-18-14)23-9-10-3-5-11(17)6-4-10/h3-8H,9H2,1-2H3. The second-order valence-electron chi connectivity index (χ2n) is 5.13. The van der Waals surface area contributed by atoms with Gasteiger partial charge in [0.2, 0.25) is 0 Å². The predicted octanol–water partition coefficient (Wildman–Crippen LogP) is 2.06. The molecule has 1 aromatic carbocycles. The zero-order chi connectivity index (χ0) is 16.6. The third-order valence-electron chi connectivity index (χ3n) is 3.61. The summed E-state index contributed by atoms with van der Waals surface area (Å²) in [5, 5.41) is 0.421. The first-order valence-corrected chi connectivity index (χ1v) is 7.89. The molecule has 0 spiro atoms. The highest BCUT2D eigenvalue weighted by atomic mass is 32.2. The van der Waals surface area contributed by atoms with Gasteiger partial charge >= 0.3 is 5.69 Å². The number of halogens is 1.